The molecule has 0 radical (unpaired) electrons. The Balaban J connectivity index is 2.00. The van der Waals surface area contributed by atoms with Crippen LogP contribution in [0.3, 0.4) is 0 Å². The second-order valence-electron chi connectivity index (χ2n) is 6.03. The van der Waals surface area contributed by atoms with Gasteiger partial charge in [0.15, 0.2) is 0 Å². The number of nitrogens with one attached hydrogen (secondary N) is 2. The number of hydrogen-bond acceptors (Lipinski definition) is 6. The maximum absolute atomic E-state index is 13.0. The molecule has 2 aromatic rings. The van der Waals surface area contributed by atoms with Gasteiger partial charge in [-0.3, -0.25) is 14.8 Å². The van der Waals surface area contributed by atoms with Gasteiger partial charge in [0.2, 0.25) is 0 Å². The largest absolute Gasteiger partial charge is 0.495 e. The van der Waals surface area contributed by atoms with Crippen LogP contribution in [-0.2, 0) is 10.0 Å². The second-order valence-corrected chi connectivity index (χ2v) is 7.68. The van der Waals surface area contributed by atoms with E-state index in [1.54, 1.807) is 24.3 Å². The molecule has 8 nitrogen and oxygen atoms in total. The molecule has 142 valence electrons. The third-order valence-corrected chi connectivity index (χ3v) is 5.59. The maximum atomic E-state index is 13.0. The molecule has 1 aliphatic rings. The molecule has 0 aromatic heterocycles. The van der Waals surface area contributed by atoms with E-state index in [0.29, 0.717) is 11.4 Å². The van der Waals surface area contributed by atoms with Crippen molar-refractivity contribution in [1.29, 1.82) is 0 Å². The number of rotatable bonds is 7. The van der Waals surface area contributed by atoms with Crippen molar-refractivity contribution >= 4 is 27.1 Å². The van der Waals surface area contributed by atoms with Crippen molar-refractivity contribution in [2.24, 2.45) is 0 Å². The van der Waals surface area contributed by atoms with Gasteiger partial charge in [-0.25, -0.2) is 8.42 Å². The normalized spacial score (nSPS) is 14.1. The van der Waals surface area contributed by atoms with Gasteiger partial charge in [0, 0.05) is 18.2 Å². The van der Waals surface area contributed by atoms with Crippen molar-refractivity contribution in [2.75, 3.05) is 17.1 Å². The summed E-state index contributed by atoms with van der Waals surface area (Å²) in [5, 5.41) is 14.3. The average Bonchev–Trinajstić information content (AvgIpc) is 3.15. The molecule has 0 amide bonds. The van der Waals surface area contributed by atoms with Crippen LogP contribution >= 0.6 is 0 Å². The standard InChI is InChI=1S/C18H19N3O5S/c1-26-17-9-5-4-8-15(17)20-27(24,25)18-12-14(21(22)23)10-11-16(18)19-13-6-2-3-7-13/h2-5,8-13,19-20H,6-7H2,1H3. The van der Waals surface area contributed by atoms with Crippen molar-refractivity contribution in [2.45, 2.75) is 23.8 Å². The van der Waals surface area contributed by atoms with Gasteiger partial charge in [0.05, 0.1) is 23.4 Å². The van der Waals surface area contributed by atoms with E-state index < -0.39 is 14.9 Å². The van der Waals surface area contributed by atoms with E-state index in [4.69, 9.17) is 4.74 Å². The maximum Gasteiger partial charge on any atom is 0.270 e. The summed E-state index contributed by atoms with van der Waals surface area (Å²) in [4.78, 5) is 10.3. The smallest absolute Gasteiger partial charge is 0.270 e. The molecule has 0 bridgehead atoms. The van der Waals surface area contributed by atoms with Crippen LogP contribution in [0, 0.1) is 10.1 Å². The minimum absolute atomic E-state index is 0.0478. The Kier molecular flexibility index (Phi) is 5.31. The number of para-hydroxylation sites is 2. The Morgan fingerprint density at radius 3 is 2.48 bits per heavy atom. The quantitative estimate of drug-likeness (QED) is 0.426. The van der Waals surface area contributed by atoms with Gasteiger partial charge < -0.3 is 10.1 Å². The number of hydrogen-bond donors (Lipinski definition) is 2. The molecule has 1 aliphatic carbocycles. The highest BCUT2D eigenvalue weighted by molar-refractivity contribution is 7.93. The number of sulfonamides is 1. The molecular formula is C18H19N3O5S. The molecule has 3 rings (SSSR count). The van der Waals surface area contributed by atoms with Crippen LogP contribution in [0.25, 0.3) is 0 Å². The summed E-state index contributed by atoms with van der Waals surface area (Å²) < 4.78 is 33.6. The number of nitro benzene ring substituents is 1. The molecule has 0 atom stereocenters. The number of ether oxygens (including phenoxy) is 1. The van der Waals surface area contributed by atoms with E-state index in [2.05, 4.69) is 10.0 Å². The van der Waals surface area contributed by atoms with E-state index in [-0.39, 0.29) is 22.3 Å². The molecule has 0 saturated carbocycles. The number of methoxy groups -OCH3 is 1. The van der Waals surface area contributed by atoms with Gasteiger partial charge in [-0.1, -0.05) is 24.3 Å². The molecule has 2 N–H and O–H groups in total. The van der Waals surface area contributed by atoms with Crippen LogP contribution < -0.4 is 14.8 Å². The van der Waals surface area contributed by atoms with Crippen molar-refractivity contribution < 1.29 is 18.1 Å². The van der Waals surface area contributed by atoms with E-state index in [9.17, 15) is 18.5 Å². The SMILES string of the molecule is COc1ccccc1NS(=O)(=O)c1cc([N+](=O)[O-])ccc1NC1CC=CC1. The van der Waals surface area contributed by atoms with Crippen LogP contribution in [0.2, 0.25) is 0 Å². The van der Waals surface area contributed by atoms with E-state index in [1.807, 2.05) is 12.2 Å². The first-order valence-corrected chi connectivity index (χ1v) is 9.75. The summed E-state index contributed by atoms with van der Waals surface area (Å²) in [6.45, 7) is 0. The monoisotopic (exact) mass is 389 g/mol. The zero-order chi connectivity index (χ0) is 19.4. The van der Waals surface area contributed by atoms with Crippen LogP contribution in [0.4, 0.5) is 17.1 Å². The van der Waals surface area contributed by atoms with Crippen LogP contribution in [0.5, 0.6) is 5.75 Å². The minimum Gasteiger partial charge on any atom is -0.495 e. The number of anilines is 2. The molecule has 0 fully saturated rings. The fraction of sp³-hybridized carbons (Fsp3) is 0.222. The van der Waals surface area contributed by atoms with Gasteiger partial charge in [-0.15, -0.1) is 0 Å². The highest BCUT2D eigenvalue weighted by atomic mass is 32.2. The third-order valence-electron chi connectivity index (χ3n) is 4.18. The fourth-order valence-electron chi connectivity index (χ4n) is 2.85. The zero-order valence-electron chi connectivity index (χ0n) is 14.6. The first-order valence-electron chi connectivity index (χ1n) is 8.26. The van der Waals surface area contributed by atoms with Gasteiger partial charge in [0.25, 0.3) is 15.7 Å². The molecule has 27 heavy (non-hydrogen) atoms. The molecule has 2 aromatic carbocycles. The van der Waals surface area contributed by atoms with E-state index >= 15 is 0 Å². The molecule has 0 aliphatic heterocycles. The summed E-state index contributed by atoms with van der Waals surface area (Å²) in [6.07, 6.45) is 5.53. The van der Waals surface area contributed by atoms with E-state index in [0.717, 1.165) is 18.9 Å². The van der Waals surface area contributed by atoms with Gasteiger partial charge in [0.1, 0.15) is 10.6 Å². The van der Waals surface area contributed by atoms with Gasteiger partial charge >= 0.3 is 0 Å². The van der Waals surface area contributed by atoms with Crippen molar-refractivity contribution in [3.63, 3.8) is 0 Å². The Morgan fingerprint density at radius 1 is 1.11 bits per heavy atom. The first-order chi connectivity index (χ1) is 12.9. The lowest BCUT2D eigenvalue weighted by atomic mass is 10.2. The van der Waals surface area contributed by atoms with Gasteiger partial charge in [-0.2, -0.15) is 0 Å². The average molecular weight is 389 g/mol. The van der Waals surface area contributed by atoms with Crippen molar-refractivity contribution in [3.05, 3.63) is 64.7 Å². The zero-order valence-corrected chi connectivity index (χ0v) is 15.4. The molecule has 0 saturated heterocycles. The van der Waals surface area contributed by atoms with Crippen LogP contribution in [-0.4, -0.2) is 26.5 Å². The Morgan fingerprint density at radius 2 is 1.81 bits per heavy atom. The summed E-state index contributed by atoms with van der Waals surface area (Å²) in [5.41, 5.74) is 0.266. The lowest BCUT2D eigenvalue weighted by molar-refractivity contribution is -0.385. The fourth-order valence-corrected chi connectivity index (χ4v) is 4.11. The van der Waals surface area contributed by atoms with Crippen LogP contribution in [0.15, 0.2) is 59.5 Å². The van der Waals surface area contributed by atoms with E-state index in [1.165, 1.54) is 19.2 Å². The minimum atomic E-state index is -4.09. The lowest BCUT2D eigenvalue weighted by Gasteiger charge is -2.18. The molecular weight excluding hydrogens is 370 g/mol. The third kappa shape index (κ3) is 4.20. The Bertz CT molecular complexity index is 980. The highest BCUT2D eigenvalue weighted by Crippen LogP contribution is 2.32. The predicted molar refractivity (Wildman–Crippen MR) is 103 cm³/mol. The summed E-state index contributed by atoms with van der Waals surface area (Å²) in [7, 11) is -2.66. The second kappa shape index (κ2) is 7.67. The number of nitrogens with zero attached hydrogens (tertiary/aromatic N) is 1. The van der Waals surface area contributed by atoms with Crippen molar-refractivity contribution in [1.82, 2.24) is 0 Å². The van der Waals surface area contributed by atoms with Gasteiger partial charge in [-0.05, 0) is 31.0 Å². The molecule has 0 unspecified atom stereocenters. The summed E-state index contributed by atoms with van der Waals surface area (Å²) in [6, 6.07) is 10.4. The number of non-ortho nitro benzene ring substituents is 1. The molecule has 0 heterocycles. The number of nitro groups is 1. The number of benzene rings is 2. The lowest BCUT2D eigenvalue weighted by Crippen LogP contribution is -2.20. The van der Waals surface area contributed by atoms with Crippen LogP contribution in [0.1, 0.15) is 12.8 Å². The Hall–Kier alpha value is -3.07. The summed E-state index contributed by atoms with van der Waals surface area (Å²) >= 11 is 0. The highest BCUT2D eigenvalue weighted by Gasteiger charge is 2.25. The van der Waals surface area contributed by atoms with Crippen molar-refractivity contribution in [3.8, 4) is 5.75 Å². The molecule has 9 heteroatoms. The molecule has 0 spiro atoms. The Labute approximate surface area is 157 Å². The topological polar surface area (TPSA) is 111 Å². The summed E-state index contributed by atoms with van der Waals surface area (Å²) in [5.74, 6) is 0.348. The predicted octanol–water partition coefficient (Wildman–Crippen LogP) is 3.53. The first kappa shape index (κ1) is 18.7.